The second-order valence-corrected chi connectivity index (χ2v) is 28.4. The van der Waals surface area contributed by atoms with Crippen molar-refractivity contribution in [1.82, 2.24) is 9.55 Å². The largest absolute Gasteiger partial charge is 0.457 e. The Morgan fingerprint density at radius 3 is 1.76 bits per heavy atom. The molecule has 2 aromatic heterocycles. The van der Waals surface area contributed by atoms with Gasteiger partial charge in [0.05, 0.1) is 44.5 Å². The highest BCUT2D eigenvalue weighted by Crippen LogP contribution is 2.54. The Hall–Kier alpha value is -7.89. The number of fused-ring (bicyclic) bond motifs is 5. The summed E-state index contributed by atoms with van der Waals surface area (Å²) in [4.78, 5) is 9.49. The van der Waals surface area contributed by atoms with Gasteiger partial charge in [-0.1, -0.05) is 214 Å². The Morgan fingerprint density at radius 2 is 1.10 bits per heavy atom. The first kappa shape index (κ1) is 42.9. The summed E-state index contributed by atoms with van der Waals surface area (Å²) in [6, 6.07) is 31.9. The smallest absolute Gasteiger partial charge is 0.137 e. The number of hydrogen-bond acceptors (Lipinski definition) is 4. The molecule has 83 heavy (non-hydrogen) atoms. The summed E-state index contributed by atoms with van der Waals surface area (Å²) in [6.07, 6.45) is 3.59. The normalized spacial score (nSPS) is 17.3. The van der Waals surface area contributed by atoms with E-state index in [1.54, 1.807) is 28.8 Å². The fourth-order valence-electron chi connectivity index (χ4n) is 12.1. The Bertz CT molecular complexity index is 4810. The van der Waals surface area contributed by atoms with E-state index in [2.05, 4.69) is 142 Å². The molecule has 0 saturated heterocycles. The van der Waals surface area contributed by atoms with E-state index in [-0.39, 0.29) is 80.8 Å². The van der Waals surface area contributed by atoms with E-state index in [4.69, 9.17) is 19.3 Å². The minimum Gasteiger partial charge on any atom is -0.457 e. The number of nitrogens with zero attached hydrogens (tertiary/aromatic N) is 4. The van der Waals surface area contributed by atoms with E-state index in [9.17, 15) is 6.85 Å². The topological polar surface area (TPSA) is 33.5 Å². The van der Waals surface area contributed by atoms with Gasteiger partial charge in [0.15, 0.2) is 0 Å². The first-order valence-electron chi connectivity index (χ1n) is 35.2. The molecule has 0 unspecified atom stereocenters. The number of benzene rings is 8. The van der Waals surface area contributed by atoms with Gasteiger partial charge in [-0.2, -0.15) is 0 Å². The number of rotatable bonds is 8. The maximum atomic E-state index is 10.4. The molecule has 0 spiro atoms. The number of hydrogen-bond donors (Lipinski definition) is 0. The number of para-hydroxylation sites is 3. The lowest BCUT2D eigenvalue weighted by atomic mass is 9.63. The molecular formula is C78H84N4O. The molecule has 422 valence electrons. The van der Waals surface area contributed by atoms with Crippen molar-refractivity contribution in [2.45, 2.75) is 156 Å². The summed E-state index contributed by atoms with van der Waals surface area (Å²) in [7, 11) is 0. The Morgan fingerprint density at radius 1 is 0.482 bits per heavy atom. The highest BCUT2D eigenvalue weighted by molar-refractivity contribution is 6.09. The minimum atomic E-state index is -0.684. The summed E-state index contributed by atoms with van der Waals surface area (Å²) < 4.78 is 119. The molecule has 10 aromatic rings. The van der Waals surface area contributed by atoms with Crippen LogP contribution in [0.15, 0.2) is 182 Å². The van der Waals surface area contributed by atoms with Crippen LogP contribution in [-0.4, -0.2) is 16.2 Å². The van der Waals surface area contributed by atoms with Gasteiger partial charge in [0.25, 0.3) is 0 Å². The summed E-state index contributed by atoms with van der Waals surface area (Å²) >= 11 is 0. The molecular weight excluding hydrogens is 1010 g/mol. The number of aromatic nitrogens is 2. The van der Waals surface area contributed by atoms with Crippen LogP contribution in [0.2, 0.25) is 0 Å². The molecule has 0 radical (unpaired) electrons. The van der Waals surface area contributed by atoms with Crippen molar-refractivity contribution in [3.63, 3.8) is 0 Å². The predicted molar refractivity (Wildman–Crippen MR) is 354 cm³/mol. The molecule has 0 N–H and O–H groups in total. The maximum Gasteiger partial charge on any atom is 0.137 e. The van der Waals surface area contributed by atoms with Gasteiger partial charge in [0, 0.05) is 51.5 Å². The van der Waals surface area contributed by atoms with Gasteiger partial charge in [-0.25, -0.2) is 4.98 Å². The van der Waals surface area contributed by atoms with Gasteiger partial charge in [-0.3, -0.25) is 4.57 Å². The zero-order valence-electron chi connectivity index (χ0n) is 63.2. The van der Waals surface area contributed by atoms with E-state index in [1.165, 1.54) is 17.3 Å². The summed E-state index contributed by atoms with van der Waals surface area (Å²) in [5, 5.41) is 0.794. The molecule has 0 fully saturated rings. The monoisotopic (exact) mass is 1100 g/mol. The zero-order valence-corrected chi connectivity index (χ0v) is 51.2. The van der Waals surface area contributed by atoms with Crippen LogP contribution in [0.25, 0.3) is 61.0 Å². The van der Waals surface area contributed by atoms with Crippen LogP contribution < -0.4 is 14.5 Å². The van der Waals surface area contributed by atoms with Gasteiger partial charge in [0.1, 0.15) is 24.0 Å². The lowest BCUT2D eigenvalue weighted by molar-refractivity contribution is 0.332. The van der Waals surface area contributed by atoms with Crippen molar-refractivity contribution in [1.29, 1.82) is 0 Å². The fraction of sp³-hybridized carbons (Fsp3) is 0.321. The third kappa shape index (κ3) is 10.2. The van der Waals surface area contributed by atoms with Crippen molar-refractivity contribution in [2.75, 3.05) is 16.5 Å². The van der Waals surface area contributed by atoms with Crippen molar-refractivity contribution >= 4 is 44.6 Å². The summed E-state index contributed by atoms with van der Waals surface area (Å²) in [6.45, 7) is 34.5. The van der Waals surface area contributed by atoms with Crippen LogP contribution in [0, 0.1) is 0 Å². The molecule has 0 bridgehead atoms. The molecule has 1 aliphatic heterocycles. The molecule has 0 saturated carbocycles. The van der Waals surface area contributed by atoms with E-state index < -0.39 is 46.5 Å². The second-order valence-electron chi connectivity index (χ2n) is 28.4. The van der Waals surface area contributed by atoms with Crippen LogP contribution in [0.4, 0.5) is 22.7 Å². The van der Waals surface area contributed by atoms with Crippen molar-refractivity contribution in [3.05, 3.63) is 215 Å². The van der Waals surface area contributed by atoms with Crippen LogP contribution in [0.5, 0.6) is 11.5 Å². The SMILES string of the molecule is [2H]c1c([2H])c([2H])c(-c2cnc(-n3c4cc(Oc5cccc(N6CN(c7c(-c8ccc9c(c8)C(C)(C)CCC9(C)C)cc(C(C)(C)C)cc7-c7c([2H])c(C(C)(C)C)c([2H])c(C(C)(C)C)c7[2H])c7ccccc76)c5)ccc4c4c([2H])c([2H])c([2H])c([2H])c43)cc2C(C)(C)C)c([2H])c1[2H]. The Labute approximate surface area is 511 Å². The van der Waals surface area contributed by atoms with E-state index >= 15 is 0 Å². The van der Waals surface area contributed by atoms with E-state index in [0.29, 0.717) is 56.9 Å². The quantitative estimate of drug-likeness (QED) is 0.152. The lowest BCUT2D eigenvalue weighted by Crippen LogP contribution is -2.33. The average molecular weight is 1110 g/mol. The molecule has 0 amide bonds. The summed E-state index contributed by atoms with van der Waals surface area (Å²) in [5.74, 6) is 1.17. The number of anilines is 4. The third-order valence-corrected chi connectivity index (χ3v) is 17.1. The maximum absolute atomic E-state index is 10.4. The van der Waals surface area contributed by atoms with Gasteiger partial charge in [0.2, 0.25) is 0 Å². The standard InChI is InChI=1S/C78H84N4O/c1-73(2,3)53-39-52(40-54(42-53)74(4,5)6)62-44-55(75(7,8)9)43-61(51-33-36-64-66(41-51)78(15,16)38-37-77(64,13)14)72(62)81-49-80(68-31-22-23-32-69(68)81)56-27-24-28-57(45-56)83-58-34-35-60-59-29-20-21-30-67(59)82(70(60)46-58)71-47-65(76(10,11)12)63(48-79-71)50-25-18-17-19-26-50/h17-36,39-48H,37-38,49H2,1-16H3/i17D,18D,19D,20D,21D,25D,26D,29D,30D,39D,40D,42D. The highest BCUT2D eigenvalue weighted by Gasteiger charge is 2.39. The zero-order chi connectivity index (χ0) is 69.2. The van der Waals surface area contributed by atoms with Crippen LogP contribution in [0.1, 0.15) is 173 Å². The Balaban J connectivity index is 1.03. The fourth-order valence-corrected chi connectivity index (χ4v) is 12.1. The third-order valence-electron chi connectivity index (χ3n) is 17.1. The highest BCUT2D eigenvalue weighted by atomic mass is 16.5. The Kier molecular flexibility index (Phi) is 10.3. The first-order chi connectivity index (χ1) is 44.1. The van der Waals surface area contributed by atoms with Crippen LogP contribution in [0.3, 0.4) is 0 Å². The molecule has 5 nitrogen and oxygen atoms in total. The van der Waals surface area contributed by atoms with Gasteiger partial charge >= 0.3 is 0 Å². The summed E-state index contributed by atoms with van der Waals surface area (Å²) in [5.41, 5.74) is 10.9. The first-order valence-corrected chi connectivity index (χ1v) is 29.2. The molecule has 3 heterocycles. The molecule has 0 atom stereocenters. The second kappa shape index (κ2) is 19.9. The van der Waals surface area contributed by atoms with Gasteiger partial charge in [-0.15, -0.1) is 0 Å². The molecule has 8 aromatic carbocycles. The van der Waals surface area contributed by atoms with Crippen molar-refractivity contribution < 1.29 is 21.2 Å². The van der Waals surface area contributed by atoms with Gasteiger partial charge in [-0.05, 0) is 156 Å². The van der Waals surface area contributed by atoms with Crippen molar-refractivity contribution in [2.24, 2.45) is 0 Å². The predicted octanol–water partition coefficient (Wildman–Crippen LogP) is 21.8. The average Bonchev–Trinajstić information content (AvgIpc) is 1.70. The number of ether oxygens (including phenoxy) is 1. The van der Waals surface area contributed by atoms with E-state index in [0.717, 1.165) is 57.8 Å². The van der Waals surface area contributed by atoms with Crippen LogP contribution >= 0.6 is 0 Å². The lowest BCUT2D eigenvalue weighted by Gasteiger charge is -2.42. The van der Waals surface area contributed by atoms with Gasteiger partial charge < -0.3 is 14.5 Å². The number of pyridine rings is 1. The van der Waals surface area contributed by atoms with Crippen molar-refractivity contribution in [3.8, 4) is 50.7 Å². The molecule has 1 aliphatic carbocycles. The van der Waals surface area contributed by atoms with E-state index in [1.807, 2.05) is 57.2 Å². The molecule has 12 rings (SSSR count). The van der Waals surface area contributed by atoms with Crippen LogP contribution in [-0.2, 0) is 32.5 Å². The molecule has 2 aliphatic rings. The minimum absolute atomic E-state index is 0.000912. The molecule has 5 heteroatoms.